The molecule has 1 aliphatic rings. The Hall–Kier alpha value is -1.84. The Morgan fingerprint density at radius 1 is 1.21 bits per heavy atom. The van der Waals surface area contributed by atoms with Crippen molar-refractivity contribution in [3.63, 3.8) is 0 Å². The van der Waals surface area contributed by atoms with E-state index in [4.69, 9.17) is 9.73 Å². The van der Waals surface area contributed by atoms with E-state index in [9.17, 15) is 8.42 Å². The zero-order valence-electron chi connectivity index (χ0n) is 17.8. The molecule has 8 nitrogen and oxygen atoms in total. The van der Waals surface area contributed by atoms with Gasteiger partial charge in [0.1, 0.15) is 5.75 Å². The number of rotatable bonds is 11. The summed E-state index contributed by atoms with van der Waals surface area (Å²) in [6, 6.07) is 8.32. The van der Waals surface area contributed by atoms with Crippen molar-refractivity contribution in [3.05, 3.63) is 29.8 Å². The molecule has 9 heteroatoms. The van der Waals surface area contributed by atoms with Gasteiger partial charge in [0.2, 0.25) is 10.0 Å². The summed E-state index contributed by atoms with van der Waals surface area (Å²) in [5.41, 5.74) is 1.16. The van der Waals surface area contributed by atoms with Gasteiger partial charge in [-0.3, -0.25) is 9.89 Å². The molecule has 1 saturated heterocycles. The molecular formula is C20H35N5O3S. The third-order valence-electron chi connectivity index (χ3n) is 4.86. The van der Waals surface area contributed by atoms with Gasteiger partial charge < -0.3 is 15.4 Å². The number of nitrogens with zero attached hydrogens (tertiary/aromatic N) is 2. The third-order valence-corrected chi connectivity index (χ3v) is 5.58. The summed E-state index contributed by atoms with van der Waals surface area (Å²) in [6.07, 6.45) is 4.27. The van der Waals surface area contributed by atoms with Crippen LogP contribution < -0.4 is 20.1 Å². The normalized spacial score (nSPS) is 16.6. The van der Waals surface area contributed by atoms with E-state index in [1.807, 2.05) is 25.1 Å². The minimum atomic E-state index is -3.14. The van der Waals surface area contributed by atoms with Crippen molar-refractivity contribution in [2.75, 3.05) is 52.6 Å². The fraction of sp³-hybridized carbons (Fsp3) is 0.650. The van der Waals surface area contributed by atoms with Crippen LogP contribution in [0.15, 0.2) is 29.3 Å². The molecule has 0 aliphatic carbocycles. The molecule has 1 atom stereocenters. The van der Waals surface area contributed by atoms with Gasteiger partial charge in [-0.15, -0.1) is 0 Å². The molecule has 29 heavy (non-hydrogen) atoms. The molecule has 1 aromatic carbocycles. The average molecular weight is 426 g/mol. The molecule has 1 aromatic rings. The van der Waals surface area contributed by atoms with Crippen LogP contribution in [0.25, 0.3) is 0 Å². The molecule has 1 unspecified atom stereocenters. The molecule has 164 valence electrons. The molecule has 0 radical (unpaired) electrons. The Morgan fingerprint density at radius 3 is 2.59 bits per heavy atom. The van der Waals surface area contributed by atoms with E-state index < -0.39 is 10.0 Å². The minimum Gasteiger partial charge on any atom is -0.496 e. The van der Waals surface area contributed by atoms with Crippen LogP contribution in [0.4, 0.5) is 0 Å². The molecule has 0 saturated carbocycles. The van der Waals surface area contributed by atoms with Crippen molar-refractivity contribution < 1.29 is 13.2 Å². The Kier molecular flexibility index (Phi) is 9.69. The van der Waals surface area contributed by atoms with Crippen molar-refractivity contribution in [2.24, 2.45) is 4.99 Å². The van der Waals surface area contributed by atoms with Crippen LogP contribution in [-0.4, -0.2) is 71.9 Å². The highest BCUT2D eigenvalue weighted by Crippen LogP contribution is 2.31. The first kappa shape index (κ1) is 23.4. The highest BCUT2D eigenvalue weighted by Gasteiger charge is 2.25. The number of methoxy groups -OCH3 is 1. The number of nitrogens with one attached hydrogen (secondary N) is 3. The lowest BCUT2D eigenvalue weighted by Crippen LogP contribution is -2.39. The molecular weight excluding hydrogens is 390 g/mol. The van der Waals surface area contributed by atoms with Gasteiger partial charge in [0.25, 0.3) is 0 Å². The second kappa shape index (κ2) is 12.0. The predicted octanol–water partition coefficient (Wildman–Crippen LogP) is 1.33. The maximum Gasteiger partial charge on any atom is 0.208 e. The summed E-state index contributed by atoms with van der Waals surface area (Å²) >= 11 is 0. The van der Waals surface area contributed by atoms with Gasteiger partial charge in [-0.05, 0) is 45.3 Å². The Morgan fingerprint density at radius 2 is 1.93 bits per heavy atom. The molecule has 1 fully saturated rings. The summed E-state index contributed by atoms with van der Waals surface area (Å²) in [6.45, 7) is 6.59. The standard InChI is InChI=1S/C20H35N5O3S/c1-4-21-20(22-12-9-13-24-29(3,26)27)23-16-18(25-14-7-8-15-25)17-10-5-6-11-19(17)28-2/h5-6,10-11,18,24H,4,7-9,12-16H2,1-3H3,(H2,21,22,23). The topological polar surface area (TPSA) is 95.1 Å². The number of hydrogen-bond acceptors (Lipinski definition) is 5. The van der Waals surface area contributed by atoms with E-state index in [-0.39, 0.29) is 6.04 Å². The first-order valence-corrected chi connectivity index (χ1v) is 12.2. The minimum absolute atomic E-state index is 0.163. The number of ether oxygens (including phenoxy) is 1. The largest absolute Gasteiger partial charge is 0.496 e. The first-order valence-electron chi connectivity index (χ1n) is 10.3. The number of likely N-dealkylation sites (tertiary alicyclic amines) is 1. The number of hydrogen-bond donors (Lipinski definition) is 3. The first-order chi connectivity index (χ1) is 13.9. The van der Waals surface area contributed by atoms with Crippen LogP contribution in [0.3, 0.4) is 0 Å². The molecule has 1 aliphatic heterocycles. The number of benzene rings is 1. The Balaban J connectivity index is 2.03. The summed E-state index contributed by atoms with van der Waals surface area (Å²) in [7, 11) is -1.44. The fourth-order valence-corrected chi connectivity index (χ4v) is 3.99. The van der Waals surface area contributed by atoms with Gasteiger partial charge in [-0.25, -0.2) is 13.1 Å². The van der Waals surface area contributed by atoms with Crippen LogP contribution >= 0.6 is 0 Å². The van der Waals surface area contributed by atoms with E-state index in [1.165, 1.54) is 19.1 Å². The molecule has 0 bridgehead atoms. The molecule has 2 rings (SSSR count). The highest BCUT2D eigenvalue weighted by molar-refractivity contribution is 7.88. The van der Waals surface area contributed by atoms with Crippen LogP contribution in [0.2, 0.25) is 0 Å². The van der Waals surface area contributed by atoms with Gasteiger partial charge in [-0.2, -0.15) is 0 Å². The van der Waals surface area contributed by atoms with Gasteiger partial charge >= 0.3 is 0 Å². The van der Waals surface area contributed by atoms with Crippen LogP contribution in [0, 0.1) is 0 Å². The summed E-state index contributed by atoms with van der Waals surface area (Å²) in [4.78, 5) is 7.29. The lowest BCUT2D eigenvalue weighted by atomic mass is 10.0. The van der Waals surface area contributed by atoms with Gasteiger partial charge in [0.15, 0.2) is 5.96 Å². The maximum absolute atomic E-state index is 11.1. The van der Waals surface area contributed by atoms with Crippen molar-refractivity contribution in [1.82, 2.24) is 20.3 Å². The second-order valence-electron chi connectivity index (χ2n) is 7.17. The Labute approximate surface area is 175 Å². The maximum atomic E-state index is 11.1. The Bertz CT molecular complexity index is 748. The van der Waals surface area contributed by atoms with E-state index in [1.54, 1.807) is 7.11 Å². The third kappa shape index (κ3) is 8.20. The zero-order valence-corrected chi connectivity index (χ0v) is 18.6. The van der Waals surface area contributed by atoms with E-state index >= 15 is 0 Å². The lowest BCUT2D eigenvalue weighted by molar-refractivity contribution is 0.245. The SMILES string of the molecule is CCNC(=NCC(c1ccccc1OC)N1CCCC1)NCCCNS(C)(=O)=O. The number of para-hydroxylation sites is 1. The average Bonchev–Trinajstić information content (AvgIpc) is 3.21. The van der Waals surface area contributed by atoms with Gasteiger partial charge in [-0.1, -0.05) is 18.2 Å². The van der Waals surface area contributed by atoms with Crippen LogP contribution in [-0.2, 0) is 10.0 Å². The quantitative estimate of drug-likeness (QED) is 0.281. The van der Waals surface area contributed by atoms with Gasteiger partial charge in [0.05, 0.1) is 26.0 Å². The molecule has 1 heterocycles. The predicted molar refractivity (Wildman–Crippen MR) is 118 cm³/mol. The smallest absolute Gasteiger partial charge is 0.208 e. The number of guanidine groups is 1. The summed E-state index contributed by atoms with van der Waals surface area (Å²) in [5.74, 6) is 1.63. The van der Waals surface area contributed by atoms with Crippen molar-refractivity contribution in [3.8, 4) is 5.75 Å². The van der Waals surface area contributed by atoms with Crippen LogP contribution in [0.1, 0.15) is 37.8 Å². The summed E-state index contributed by atoms with van der Waals surface area (Å²) < 4.78 is 30.4. The van der Waals surface area contributed by atoms with Gasteiger partial charge in [0, 0.05) is 25.2 Å². The van der Waals surface area contributed by atoms with E-state index in [2.05, 4.69) is 26.3 Å². The van der Waals surface area contributed by atoms with E-state index in [0.717, 1.165) is 36.9 Å². The lowest BCUT2D eigenvalue weighted by Gasteiger charge is -2.28. The molecule has 3 N–H and O–H groups in total. The molecule has 0 aromatic heterocycles. The number of aliphatic imine (C=N–C) groups is 1. The van der Waals surface area contributed by atoms with Crippen molar-refractivity contribution in [1.29, 1.82) is 0 Å². The van der Waals surface area contributed by atoms with Crippen molar-refractivity contribution in [2.45, 2.75) is 32.2 Å². The summed E-state index contributed by atoms with van der Waals surface area (Å²) in [5, 5.41) is 6.55. The highest BCUT2D eigenvalue weighted by atomic mass is 32.2. The zero-order chi connectivity index (χ0) is 21.1. The molecule has 0 spiro atoms. The fourth-order valence-electron chi connectivity index (χ4n) is 3.48. The molecule has 0 amide bonds. The monoisotopic (exact) mass is 425 g/mol. The number of sulfonamides is 1. The van der Waals surface area contributed by atoms with E-state index in [0.29, 0.717) is 26.1 Å². The van der Waals surface area contributed by atoms with Crippen LogP contribution in [0.5, 0.6) is 5.75 Å². The second-order valence-corrected chi connectivity index (χ2v) is 9.00. The van der Waals surface area contributed by atoms with Crippen molar-refractivity contribution >= 4 is 16.0 Å².